The van der Waals surface area contributed by atoms with Crippen molar-refractivity contribution in [1.29, 1.82) is 0 Å². The van der Waals surface area contributed by atoms with Crippen molar-refractivity contribution in [3.8, 4) is 22.4 Å². The van der Waals surface area contributed by atoms with Crippen LogP contribution in [0.15, 0.2) is 30.5 Å². The van der Waals surface area contributed by atoms with Gasteiger partial charge in [0.1, 0.15) is 11.5 Å². The third-order valence-electron chi connectivity index (χ3n) is 8.45. The number of hydrogen-bond donors (Lipinski definition) is 1. The summed E-state index contributed by atoms with van der Waals surface area (Å²) < 4.78 is 21.2. The number of thiazole rings is 1. The fourth-order valence-corrected chi connectivity index (χ4v) is 7.07. The average molecular weight is 627 g/mol. The summed E-state index contributed by atoms with van der Waals surface area (Å²) >= 11 is 7.17. The van der Waals surface area contributed by atoms with Crippen LogP contribution in [0, 0.1) is 17.0 Å². The van der Waals surface area contributed by atoms with Gasteiger partial charge in [0.2, 0.25) is 16.9 Å². The van der Waals surface area contributed by atoms with E-state index in [-0.39, 0.29) is 41.0 Å². The van der Waals surface area contributed by atoms with Crippen molar-refractivity contribution in [3.63, 3.8) is 0 Å². The van der Waals surface area contributed by atoms with Crippen LogP contribution >= 0.6 is 22.9 Å². The van der Waals surface area contributed by atoms with Crippen LogP contribution in [0.1, 0.15) is 50.5 Å². The Morgan fingerprint density at radius 1 is 1.19 bits per heavy atom. The maximum Gasteiger partial charge on any atom is 0.304 e. The first-order valence-corrected chi connectivity index (χ1v) is 15.7. The molecule has 43 heavy (non-hydrogen) atoms. The number of carboxylic acids is 1. The van der Waals surface area contributed by atoms with Gasteiger partial charge in [-0.1, -0.05) is 29.0 Å². The zero-order valence-corrected chi connectivity index (χ0v) is 25.3. The minimum Gasteiger partial charge on any atom is -0.481 e. The number of aliphatic carboxylic acids is 1. The number of rotatable bonds is 9. The molecule has 0 spiro atoms. The fraction of sp³-hybridized carbons (Fsp3) is 0.452. The number of aryl methyl sites for hydroxylation is 1. The first-order valence-electron chi connectivity index (χ1n) is 14.5. The number of nitrogens with zero attached hydrogens (tertiary/aromatic N) is 4. The van der Waals surface area contributed by atoms with E-state index in [1.165, 1.54) is 4.90 Å². The molecule has 1 saturated carbocycles. The highest BCUT2D eigenvalue weighted by molar-refractivity contribution is 7.14. The van der Waals surface area contributed by atoms with Gasteiger partial charge in [-0.05, 0) is 73.8 Å². The largest absolute Gasteiger partial charge is 0.481 e. The molecule has 1 atom stereocenters. The van der Waals surface area contributed by atoms with Crippen molar-refractivity contribution in [3.05, 3.63) is 46.2 Å². The summed E-state index contributed by atoms with van der Waals surface area (Å²) in [6, 6.07) is 6.97. The van der Waals surface area contributed by atoms with E-state index in [0.29, 0.717) is 54.4 Å². The monoisotopic (exact) mass is 626 g/mol. The van der Waals surface area contributed by atoms with Gasteiger partial charge in [0.15, 0.2) is 5.13 Å². The molecule has 4 heterocycles. The van der Waals surface area contributed by atoms with E-state index >= 15 is 4.39 Å². The van der Waals surface area contributed by atoms with Crippen LogP contribution in [0.5, 0.6) is 0 Å². The Kier molecular flexibility index (Phi) is 8.48. The first-order chi connectivity index (χ1) is 20.7. The topological polar surface area (TPSA) is 113 Å². The molecule has 12 heteroatoms. The van der Waals surface area contributed by atoms with Crippen molar-refractivity contribution in [2.75, 3.05) is 30.1 Å². The van der Waals surface area contributed by atoms with Crippen LogP contribution in [0.2, 0.25) is 5.02 Å². The number of anilines is 2. The lowest BCUT2D eigenvalue weighted by atomic mass is 9.86. The maximum absolute atomic E-state index is 15.8. The summed E-state index contributed by atoms with van der Waals surface area (Å²) in [4.78, 5) is 50.1. The number of ether oxygens (including phenoxy) is 1. The molecule has 0 radical (unpaired) electrons. The lowest BCUT2D eigenvalue weighted by molar-refractivity contribution is -0.141. The van der Waals surface area contributed by atoms with Gasteiger partial charge in [-0.2, -0.15) is 4.39 Å². The van der Waals surface area contributed by atoms with Crippen molar-refractivity contribution in [2.24, 2.45) is 11.8 Å². The molecule has 2 aliphatic heterocycles. The molecule has 3 aromatic rings. The summed E-state index contributed by atoms with van der Waals surface area (Å²) in [5.74, 6) is -1.28. The second-order valence-corrected chi connectivity index (χ2v) is 12.9. The molecule has 6 rings (SSSR count). The molecule has 1 saturated heterocycles. The number of carbonyl (C=O) groups is 3. The Morgan fingerprint density at radius 3 is 2.67 bits per heavy atom. The van der Waals surface area contributed by atoms with Gasteiger partial charge in [0, 0.05) is 61.0 Å². The standard InChI is InChI=1S/C31H32ClFN4O5S/c1-36-25(38)7-2-18-13-20(16-34-29(18)36)23-6-3-21(32)15-24(23)27-28(33)43-31(35-27)37(22-4-5-22)30(41)19(14-26(39)40)12-17-8-10-42-11-9-17/h3,6,13,15-17,19,22H,2,4-5,7-12,14H2,1H3,(H,39,40). The number of carbonyl (C=O) groups excluding carboxylic acids is 2. The number of carboxylic acid groups (broad SMARTS) is 1. The molecule has 0 bridgehead atoms. The van der Waals surface area contributed by atoms with Gasteiger partial charge >= 0.3 is 5.97 Å². The van der Waals surface area contributed by atoms with Crippen LogP contribution in [-0.2, 0) is 25.5 Å². The summed E-state index contributed by atoms with van der Waals surface area (Å²) in [7, 11) is 1.70. The van der Waals surface area contributed by atoms with Crippen LogP contribution in [-0.4, -0.2) is 59.2 Å². The highest BCUT2D eigenvalue weighted by Crippen LogP contribution is 2.43. The SMILES string of the molecule is CN1C(=O)CCc2cc(-c3ccc(Cl)cc3-c3nc(N(C(=O)C(CC(=O)O)CC4CCOCC4)C4CC4)sc3F)cnc21. The lowest BCUT2D eigenvalue weighted by Crippen LogP contribution is -2.40. The van der Waals surface area contributed by atoms with Crippen molar-refractivity contribution in [2.45, 2.75) is 57.4 Å². The second kappa shape index (κ2) is 12.3. The van der Waals surface area contributed by atoms with Gasteiger partial charge in [-0.3, -0.25) is 24.2 Å². The lowest BCUT2D eigenvalue weighted by Gasteiger charge is -2.29. The molecule has 9 nitrogen and oxygen atoms in total. The van der Waals surface area contributed by atoms with Crippen LogP contribution in [0.25, 0.3) is 22.4 Å². The van der Waals surface area contributed by atoms with E-state index < -0.39 is 17.0 Å². The Bertz CT molecular complexity index is 1570. The van der Waals surface area contributed by atoms with E-state index in [9.17, 15) is 19.5 Å². The smallest absolute Gasteiger partial charge is 0.304 e. The zero-order chi connectivity index (χ0) is 30.2. The van der Waals surface area contributed by atoms with Gasteiger partial charge in [0.25, 0.3) is 0 Å². The Labute approximate surface area is 257 Å². The molecular formula is C31H32ClFN4O5S. The van der Waals surface area contributed by atoms with E-state index in [1.54, 1.807) is 36.3 Å². The Hall–Kier alpha value is -3.41. The normalized spacial score (nSPS) is 17.9. The Morgan fingerprint density at radius 2 is 1.95 bits per heavy atom. The molecule has 3 aliphatic rings. The average Bonchev–Trinajstić information content (AvgIpc) is 3.75. The van der Waals surface area contributed by atoms with E-state index in [2.05, 4.69) is 9.97 Å². The minimum atomic E-state index is -1.04. The molecule has 226 valence electrons. The molecular weight excluding hydrogens is 595 g/mol. The third kappa shape index (κ3) is 6.30. The number of amides is 2. The Balaban J connectivity index is 1.34. The molecule has 1 unspecified atom stereocenters. The molecule has 1 aliphatic carbocycles. The minimum absolute atomic E-state index is 0.00474. The van der Waals surface area contributed by atoms with Crippen LogP contribution < -0.4 is 9.80 Å². The fourth-order valence-electron chi connectivity index (χ4n) is 6.01. The highest BCUT2D eigenvalue weighted by atomic mass is 35.5. The molecule has 1 aromatic carbocycles. The van der Waals surface area contributed by atoms with Crippen LogP contribution in [0.3, 0.4) is 0 Å². The van der Waals surface area contributed by atoms with Crippen molar-refractivity contribution in [1.82, 2.24) is 9.97 Å². The zero-order valence-electron chi connectivity index (χ0n) is 23.7. The maximum atomic E-state index is 15.8. The number of fused-ring (bicyclic) bond motifs is 1. The summed E-state index contributed by atoms with van der Waals surface area (Å²) in [5.41, 5.74) is 2.85. The molecule has 2 fully saturated rings. The molecule has 2 aromatic heterocycles. The van der Waals surface area contributed by atoms with Gasteiger partial charge in [-0.25, -0.2) is 9.97 Å². The second-order valence-electron chi connectivity index (χ2n) is 11.5. The quantitative estimate of drug-likeness (QED) is 0.311. The highest BCUT2D eigenvalue weighted by Gasteiger charge is 2.40. The molecule has 1 N–H and O–H groups in total. The third-order valence-corrected chi connectivity index (χ3v) is 9.53. The summed E-state index contributed by atoms with van der Waals surface area (Å²) in [6.07, 6.45) is 5.82. The van der Waals surface area contributed by atoms with E-state index in [1.807, 2.05) is 6.07 Å². The number of hydrogen-bond acceptors (Lipinski definition) is 7. The van der Waals surface area contributed by atoms with Crippen molar-refractivity contribution >= 4 is 51.7 Å². The van der Waals surface area contributed by atoms with E-state index in [4.69, 9.17) is 16.3 Å². The van der Waals surface area contributed by atoms with Crippen molar-refractivity contribution < 1.29 is 28.6 Å². The van der Waals surface area contributed by atoms with Crippen LogP contribution in [0.4, 0.5) is 15.3 Å². The number of benzene rings is 1. The molecule has 2 amide bonds. The summed E-state index contributed by atoms with van der Waals surface area (Å²) in [5, 5.41) is 9.68. The van der Waals surface area contributed by atoms with Gasteiger partial charge in [-0.15, -0.1) is 0 Å². The first kappa shape index (κ1) is 29.7. The number of aromatic nitrogens is 2. The number of halogens is 2. The van der Waals surface area contributed by atoms with E-state index in [0.717, 1.165) is 48.1 Å². The van der Waals surface area contributed by atoms with Gasteiger partial charge < -0.3 is 9.84 Å². The van der Waals surface area contributed by atoms with Gasteiger partial charge in [0.05, 0.1) is 6.42 Å². The summed E-state index contributed by atoms with van der Waals surface area (Å²) in [6.45, 7) is 1.20. The number of pyridine rings is 1. The predicted octanol–water partition coefficient (Wildman–Crippen LogP) is 5.98. The predicted molar refractivity (Wildman–Crippen MR) is 162 cm³/mol.